The molecule has 2 amide bonds. The van der Waals surface area contributed by atoms with E-state index in [9.17, 15) is 14.7 Å². The number of aryl methyl sites for hydroxylation is 1. The first-order valence-corrected chi connectivity index (χ1v) is 13.1. The van der Waals surface area contributed by atoms with Gasteiger partial charge in [-0.3, -0.25) is 9.59 Å². The fourth-order valence-corrected chi connectivity index (χ4v) is 5.92. The largest absolute Gasteiger partial charge is 0.506 e. The number of phenols is 1. The van der Waals surface area contributed by atoms with Gasteiger partial charge in [0.15, 0.2) is 0 Å². The summed E-state index contributed by atoms with van der Waals surface area (Å²) in [4.78, 5) is 37.9. The summed E-state index contributed by atoms with van der Waals surface area (Å²) in [6, 6.07) is 18.5. The van der Waals surface area contributed by atoms with Crippen LogP contribution in [0.2, 0.25) is 0 Å². The van der Waals surface area contributed by atoms with E-state index in [2.05, 4.69) is 20.3 Å². The monoisotopic (exact) mass is 533 g/mol. The van der Waals surface area contributed by atoms with Crippen LogP contribution in [0.15, 0.2) is 66.9 Å². The molecule has 4 heterocycles. The molecule has 9 nitrogen and oxygen atoms in total. The van der Waals surface area contributed by atoms with Gasteiger partial charge in [-0.15, -0.1) is 0 Å². The number of nitrogens with zero attached hydrogens (tertiary/aromatic N) is 1. The van der Waals surface area contributed by atoms with E-state index in [0.29, 0.717) is 41.4 Å². The minimum atomic E-state index is -0.244. The molecule has 1 aliphatic heterocycles. The Labute approximate surface area is 228 Å². The average Bonchev–Trinajstić information content (AvgIpc) is 3.72. The molecular weight excluding hydrogens is 506 g/mol. The smallest absolute Gasteiger partial charge is 0.274 e. The molecule has 0 aliphatic carbocycles. The van der Waals surface area contributed by atoms with E-state index in [1.807, 2.05) is 55.6 Å². The maximum absolute atomic E-state index is 13.8. The van der Waals surface area contributed by atoms with Gasteiger partial charge in [0.1, 0.15) is 17.1 Å². The van der Waals surface area contributed by atoms with E-state index < -0.39 is 0 Å². The van der Waals surface area contributed by atoms with Gasteiger partial charge in [-0.1, -0.05) is 18.2 Å². The number of aromatic nitrogens is 3. The van der Waals surface area contributed by atoms with Crippen LogP contribution < -0.4 is 10.2 Å². The molecule has 7 rings (SSSR count). The Balaban J connectivity index is 1.19. The van der Waals surface area contributed by atoms with Gasteiger partial charge >= 0.3 is 0 Å². The molecule has 1 atom stereocenters. The number of hydrogen-bond donors (Lipinski definition) is 5. The van der Waals surface area contributed by atoms with E-state index in [-0.39, 0.29) is 23.5 Å². The summed E-state index contributed by atoms with van der Waals surface area (Å²) >= 11 is 0. The van der Waals surface area contributed by atoms with E-state index in [0.717, 1.165) is 38.3 Å². The molecule has 0 fully saturated rings. The predicted molar refractivity (Wildman–Crippen MR) is 156 cm³/mol. The lowest BCUT2D eigenvalue weighted by atomic mass is 9.96. The summed E-state index contributed by atoms with van der Waals surface area (Å²) in [5.41, 5.74) is 6.54. The maximum atomic E-state index is 13.8. The Bertz CT molecular complexity index is 1930. The van der Waals surface area contributed by atoms with Crippen molar-refractivity contribution < 1.29 is 19.4 Å². The van der Waals surface area contributed by atoms with Crippen molar-refractivity contribution >= 4 is 55.9 Å². The second-order valence-corrected chi connectivity index (χ2v) is 10.3. The van der Waals surface area contributed by atoms with Crippen LogP contribution in [0.5, 0.6) is 5.75 Å². The molecular formula is C31H27N5O4. The van der Waals surface area contributed by atoms with Crippen molar-refractivity contribution in [3.8, 4) is 5.75 Å². The van der Waals surface area contributed by atoms with Crippen LogP contribution in [0.1, 0.15) is 38.0 Å². The van der Waals surface area contributed by atoms with Crippen molar-refractivity contribution in [2.75, 3.05) is 30.5 Å². The molecule has 1 unspecified atom stereocenters. The van der Waals surface area contributed by atoms with Crippen molar-refractivity contribution in [2.45, 2.75) is 12.8 Å². The third-order valence-corrected chi connectivity index (χ3v) is 7.75. The normalized spacial score (nSPS) is 14.8. The van der Waals surface area contributed by atoms with Crippen molar-refractivity contribution in [3.63, 3.8) is 0 Å². The lowest BCUT2D eigenvalue weighted by Gasteiger charge is -2.17. The molecule has 40 heavy (non-hydrogen) atoms. The highest BCUT2D eigenvalue weighted by Crippen LogP contribution is 2.46. The molecule has 6 aromatic rings. The zero-order valence-corrected chi connectivity index (χ0v) is 22.0. The van der Waals surface area contributed by atoms with Gasteiger partial charge < -0.3 is 35.0 Å². The second-order valence-electron chi connectivity index (χ2n) is 10.3. The number of benzene rings is 3. The average molecular weight is 534 g/mol. The van der Waals surface area contributed by atoms with Gasteiger partial charge in [0.2, 0.25) is 0 Å². The molecule has 0 spiro atoms. The van der Waals surface area contributed by atoms with Crippen LogP contribution in [0.4, 0.5) is 11.4 Å². The van der Waals surface area contributed by atoms with E-state index in [1.54, 1.807) is 30.2 Å². The first-order chi connectivity index (χ1) is 19.4. The van der Waals surface area contributed by atoms with Crippen molar-refractivity contribution in [1.29, 1.82) is 0 Å². The van der Waals surface area contributed by atoms with Gasteiger partial charge in [-0.25, -0.2) is 0 Å². The van der Waals surface area contributed by atoms with E-state index in [1.165, 1.54) is 0 Å². The second kappa shape index (κ2) is 9.03. The number of anilines is 2. The molecule has 1 aliphatic rings. The number of nitrogens with one attached hydrogen (secondary N) is 4. The van der Waals surface area contributed by atoms with E-state index >= 15 is 0 Å². The topological polar surface area (TPSA) is 126 Å². The summed E-state index contributed by atoms with van der Waals surface area (Å²) in [7, 11) is 1.65. The number of carbonyl (C=O) groups is 2. The number of H-pyrrole nitrogens is 3. The Kier molecular flexibility index (Phi) is 5.43. The lowest BCUT2D eigenvalue weighted by molar-refractivity contribution is 0.0979. The predicted octanol–water partition coefficient (Wildman–Crippen LogP) is 5.79. The summed E-state index contributed by atoms with van der Waals surface area (Å²) in [5, 5.41) is 16.4. The molecule has 3 aromatic carbocycles. The zero-order chi connectivity index (χ0) is 27.5. The van der Waals surface area contributed by atoms with Crippen molar-refractivity contribution in [3.05, 3.63) is 89.4 Å². The molecule has 3 aromatic heterocycles. The van der Waals surface area contributed by atoms with Crippen LogP contribution >= 0.6 is 0 Å². The molecule has 0 saturated carbocycles. The van der Waals surface area contributed by atoms with Crippen LogP contribution in [-0.2, 0) is 4.74 Å². The third-order valence-electron chi connectivity index (χ3n) is 7.75. The molecule has 0 saturated heterocycles. The number of fused-ring (bicyclic) bond motifs is 5. The van der Waals surface area contributed by atoms with Gasteiger partial charge in [0, 0.05) is 64.7 Å². The number of amides is 2. The Morgan fingerprint density at radius 1 is 1.02 bits per heavy atom. The summed E-state index contributed by atoms with van der Waals surface area (Å²) < 4.78 is 5.50. The Morgan fingerprint density at radius 2 is 1.80 bits per heavy atom. The number of aromatic amines is 3. The summed E-state index contributed by atoms with van der Waals surface area (Å²) in [6.07, 6.45) is 1.87. The fourth-order valence-electron chi connectivity index (χ4n) is 5.92. The first-order valence-electron chi connectivity index (χ1n) is 13.1. The summed E-state index contributed by atoms with van der Waals surface area (Å²) in [6.45, 7) is 2.87. The van der Waals surface area contributed by atoms with Gasteiger partial charge in [0.25, 0.3) is 11.8 Å². The van der Waals surface area contributed by atoms with Crippen LogP contribution in [0, 0.1) is 6.92 Å². The Morgan fingerprint density at radius 3 is 2.62 bits per heavy atom. The maximum Gasteiger partial charge on any atom is 0.274 e. The molecule has 200 valence electrons. The molecule has 0 bridgehead atoms. The molecule has 9 heteroatoms. The van der Waals surface area contributed by atoms with Gasteiger partial charge in [-0.05, 0) is 54.4 Å². The zero-order valence-electron chi connectivity index (χ0n) is 22.0. The van der Waals surface area contributed by atoms with Gasteiger partial charge in [-0.2, -0.15) is 0 Å². The molecule has 0 radical (unpaired) electrons. The van der Waals surface area contributed by atoms with Gasteiger partial charge in [0.05, 0.1) is 17.8 Å². The highest BCUT2D eigenvalue weighted by molar-refractivity contribution is 6.12. The number of aromatic hydroxyl groups is 1. The lowest BCUT2D eigenvalue weighted by Crippen LogP contribution is -2.30. The fraction of sp³-hybridized carbons (Fsp3) is 0.161. The first kappa shape index (κ1) is 24.1. The number of methoxy groups -OCH3 is 1. The number of rotatable bonds is 5. The highest BCUT2D eigenvalue weighted by Gasteiger charge is 2.36. The number of phenolic OH excluding ortho intramolecular Hbond substituents is 1. The minimum Gasteiger partial charge on any atom is -0.506 e. The SMILES string of the molecule is COCC1CN(C(=O)c2cc3cc(NC(=O)c4cc5ccccc5[nH]4)ccc3[nH]2)c2cc(O)c3[nH]cc(C)c3c21. The quantitative estimate of drug-likeness (QED) is 0.192. The number of hydrogen-bond acceptors (Lipinski definition) is 4. The standard InChI is InChI=1S/C31H27N5O4/c1-16-13-32-29-26(37)12-25-28(27(16)29)19(15-40-2)14-36(25)31(39)24-11-18-9-20(7-8-22(18)35-24)33-30(38)23-10-17-5-3-4-6-21(17)34-23/h3-13,19,32,34-35,37H,14-15H2,1-2H3,(H,33,38). The van der Waals surface area contributed by atoms with Crippen molar-refractivity contribution in [1.82, 2.24) is 15.0 Å². The molecule has 5 N–H and O–H groups in total. The van der Waals surface area contributed by atoms with Crippen LogP contribution in [0.25, 0.3) is 32.7 Å². The number of para-hydroxylation sites is 1. The summed E-state index contributed by atoms with van der Waals surface area (Å²) in [5.74, 6) is -0.375. The minimum absolute atomic E-state index is 0.0302. The van der Waals surface area contributed by atoms with Crippen LogP contribution in [0.3, 0.4) is 0 Å². The third kappa shape index (κ3) is 3.74. The highest BCUT2D eigenvalue weighted by atomic mass is 16.5. The number of carbonyl (C=O) groups excluding carboxylic acids is 2. The Hall–Kier alpha value is -5.02. The van der Waals surface area contributed by atoms with Crippen LogP contribution in [-0.4, -0.2) is 52.1 Å². The van der Waals surface area contributed by atoms with E-state index in [4.69, 9.17) is 4.74 Å². The number of ether oxygens (including phenoxy) is 1. The van der Waals surface area contributed by atoms with Crippen molar-refractivity contribution in [2.24, 2.45) is 0 Å².